The molecule has 19 heavy (non-hydrogen) atoms. The zero-order chi connectivity index (χ0) is 14.0. The van der Waals surface area contributed by atoms with Crippen molar-refractivity contribution in [3.8, 4) is 5.75 Å². The van der Waals surface area contributed by atoms with Gasteiger partial charge in [-0.15, -0.1) is 0 Å². The van der Waals surface area contributed by atoms with Gasteiger partial charge in [0.1, 0.15) is 6.61 Å². The summed E-state index contributed by atoms with van der Waals surface area (Å²) in [7, 11) is 1.29. The second-order valence-corrected chi connectivity index (χ2v) is 4.98. The van der Waals surface area contributed by atoms with Crippen molar-refractivity contribution in [1.82, 2.24) is 0 Å². The minimum atomic E-state index is -1.19. The summed E-state index contributed by atoms with van der Waals surface area (Å²) in [6.07, 6.45) is 1.73. The van der Waals surface area contributed by atoms with Crippen molar-refractivity contribution < 1.29 is 18.7 Å². The van der Waals surface area contributed by atoms with Gasteiger partial charge in [0, 0.05) is 0 Å². The van der Waals surface area contributed by atoms with E-state index in [0.717, 1.165) is 12.8 Å². The first-order valence-electron chi connectivity index (χ1n) is 6.24. The summed E-state index contributed by atoms with van der Waals surface area (Å²) in [4.78, 5) is 11.8. The number of nitrogens with two attached hydrogens (primary N) is 1. The third kappa shape index (κ3) is 2.71. The minimum absolute atomic E-state index is 0.0489. The third-order valence-corrected chi connectivity index (χ3v) is 3.49. The summed E-state index contributed by atoms with van der Waals surface area (Å²) in [6.45, 7) is 1.57. The molecule has 1 aromatic carbocycles. The number of rotatable bonds is 5. The van der Waals surface area contributed by atoms with Gasteiger partial charge in [0.15, 0.2) is 17.1 Å². The van der Waals surface area contributed by atoms with Crippen molar-refractivity contribution in [3.63, 3.8) is 0 Å². The van der Waals surface area contributed by atoms with Crippen LogP contribution in [0.4, 0.5) is 4.39 Å². The van der Waals surface area contributed by atoms with E-state index in [2.05, 4.69) is 0 Å². The number of methoxy groups -OCH3 is 1. The number of aryl methyl sites for hydroxylation is 1. The molecular weight excluding hydrogens is 249 g/mol. The quantitative estimate of drug-likeness (QED) is 0.826. The highest BCUT2D eigenvalue weighted by Crippen LogP contribution is 2.39. The zero-order valence-corrected chi connectivity index (χ0v) is 11.1. The summed E-state index contributed by atoms with van der Waals surface area (Å²) in [5.74, 6) is -0.777. The number of ether oxygens (including phenoxy) is 2. The Morgan fingerprint density at radius 2 is 2.21 bits per heavy atom. The first-order valence-corrected chi connectivity index (χ1v) is 6.24. The van der Waals surface area contributed by atoms with E-state index in [1.807, 2.05) is 0 Å². The Labute approximate surface area is 111 Å². The molecule has 1 aliphatic carbocycles. The fraction of sp³-hybridized carbons (Fsp3) is 0.500. The van der Waals surface area contributed by atoms with Gasteiger partial charge in [-0.3, -0.25) is 0 Å². The summed E-state index contributed by atoms with van der Waals surface area (Å²) >= 11 is 0. The predicted octanol–water partition coefficient (Wildman–Crippen LogP) is 1.79. The molecule has 2 N–H and O–H groups in total. The monoisotopic (exact) mass is 267 g/mol. The molecular formula is C14H18FNO3. The Hall–Kier alpha value is -1.62. The fourth-order valence-electron chi connectivity index (χ4n) is 2.06. The van der Waals surface area contributed by atoms with Crippen molar-refractivity contribution in [3.05, 3.63) is 29.6 Å². The van der Waals surface area contributed by atoms with Crippen LogP contribution in [0, 0.1) is 18.7 Å². The van der Waals surface area contributed by atoms with Crippen LogP contribution in [-0.2, 0) is 9.53 Å². The van der Waals surface area contributed by atoms with Crippen LogP contribution in [0.1, 0.15) is 18.4 Å². The average molecular weight is 267 g/mol. The van der Waals surface area contributed by atoms with E-state index in [1.54, 1.807) is 19.1 Å². The Bertz CT molecular complexity index is 488. The molecule has 4 nitrogen and oxygen atoms in total. The highest BCUT2D eigenvalue weighted by Gasteiger charge is 2.50. The molecule has 0 spiro atoms. The summed E-state index contributed by atoms with van der Waals surface area (Å²) < 4.78 is 23.9. The van der Waals surface area contributed by atoms with E-state index in [0.29, 0.717) is 5.56 Å². The van der Waals surface area contributed by atoms with E-state index >= 15 is 0 Å². The van der Waals surface area contributed by atoms with Crippen molar-refractivity contribution in [2.45, 2.75) is 25.3 Å². The molecule has 1 fully saturated rings. The van der Waals surface area contributed by atoms with Crippen molar-refractivity contribution in [1.29, 1.82) is 0 Å². The number of benzene rings is 1. The van der Waals surface area contributed by atoms with Crippen LogP contribution in [0.5, 0.6) is 5.75 Å². The molecule has 1 saturated carbocycles. The van der Waals surface area contributed by atoms with Gasteiger partial charge in [0.25, 0.3) is 0 Å². The third-order valence-electron chi connectivity index (χ3n) is 3.49. The number of carbonyl (C=O) groups excluding carboxylic acids is 1. The molecule has 1 atom stereocenters. The fourth-order valence-corrected chi connectivity index (χ4v) is 2.06. The topological polar surface area (TPSA) is 61.5 Å². The standard InChI is InChI=1S/C14H18FNO3/c1-9-4-3-5-11(12(9)15)19-8-14(16,10-6-7-10)13(17)18-2/h3-5,10H,6-8,16H2,1-2H3. The normalized spacial score (nSPS) is 17.7. The maximum atomic E-state index is 13.8. The van der Waals surface area contributed by atoms with Gasteiger partial charge in [-0.1, -0.05) is 12.1 Å². The van der Waals surface area contributed by atoms with Crippen LogP contribution < -0.4 is 10.5 Å². The van der Waals surface area contributed by atoms with Crippen molar-refractivity contribution in [2.75, 3.05) is 13.7 Å². The Morgan fingerprint density at radius 1 is 1.53 bits per heavy atom. The molecule has 0 saturated heterocycles. The SMILES string of the molecule is COC(=O)C(N)(COc1cccc(C)c1F)C1CC1. The molecule has 0 heterocycles. The van der Waals surface area contributed by atoms with E-state index in [9.17, 15) is 9.18 Å². The maximum absolute atomic E-state index is 13.8. The van der Waals surface area contributed by atoms with Crippen LogP contribution in [0.15, 0.2) is 18.2 Å². The highest BCUT2D eigenvalue weighted by molar-refractivity contribution is 5.81. The lowest BCUT2D eigenvalue weighted by atomic mass is 9.96. The van der Waals surface area contributed by atoms with Crippen molar-refractivity contribution in [2.24, 2.45) is 11.7 Å². The Kier molecular flexibility index (Phi) is 3.75. The summed E-state index contributed by atoms with van der Waals surface area (Å²) in [6, 6.07) is 4.87. The predicted molar refractivity (Wildman–Crippen MR) is 68.3 cm³/mol. The second kappa shape index (κ2) is 5.17. The lowest BCUT2D eigenvalue weighted by molar-refractivity contribution is -0.149. The lowest BCUT2D eigenvalue weighted by Crippen LogP contribution is -2.55. The summed E-state index contributed by atoms with van der Waals surface area (Å²) in [5, 5.41) is 0. The maximum Gasteiger partial charge on any atom is 0.329 e. The van der Waals surface area contributed by atoms with E-state index < -0.39 is 17.3 Å². The van der Waals surface area contributed by atoms with Crippen LogP contribution in [0.2, 0.25) is 0 Å². The van der Waals surface area contributed by atoms with Gasteiger partial charge in [0.2, 0.25) is 0 Å². The molecule has 0 aliphatic heterocycles. The van der Waals surface area contributed by atoms with E-state index in [-0.39, 0.29) is 18.3 Å². The second-order valence-electron chi connectivity index (χ2n) is 4.98. The first-order chi connectivity index (χ1) is 8.99. The van der Waals surface area contributed by atoms with Gasteiger partial charge >= 0.3 is 5.97 Å². The number of hydrogen-bond donors (Lipinski definition) is 1. The van der Waals surface area contributed by atoms with Crippen LogP contribution in [0.3, 0.4) is 0 Å². The van der Waals surface area contributed by atoms with Crippen LogP contribution >= 0.6 is 0 Å². The number of halogens is 1. The smallest absolute Gasteiger partial charge is 0.329 e. The van der Waals surface area contributed by atoms with Gasteiger partial charge in [-0.05, 0) is 37.3 Å². The number of carbonyl (C=O) groups is 1. The minimum Gasteiger partial charge on any atom is -0.488 e. The molecule has 5 heteroatoms. The van der Waals surface area contributed by atoms with Gasteiger partial charge in [0.05, 0.1) is 7.11 Å². The van der Waals surface area contributed by atoms with E-state index in [1.165, 1.54) is 13.2 Å². The van der Waals surface area contributed by atoms with E-state index in [4.69, 9.17) is 15.2 Å². The van der Waals surface area contributed by atoms with Gasteiger partial charge in [-0.25, -0.2) is 9.18 Å². The number of esters is 1. The summed E-state index contributed by atoms with van der Waals surface area (Å²) in [5.41, 5.74) is 5.37. The molecule has 1 unspecified atom stereocenters. The van der Waals surface area contributed by atoms with Crippen molar-refractivity contribution >= 4 is 5.97 Å². The average Bonchev–Trinajstić information content (AvgIpc) is 3.23. The molecule has 104 valence electrons. The number of hydrogen-bond acceptors (Lipinski definition) is 4. The van der Waals surface area contributed by atoms with Crippen LogP contribution in [0.25, 0.3) is 0 Å². The molecule has 0 aromatic heterocycles. The molecule has 2 rings (SSSR count). The molecule has 0 bridgehead atoms. The van der Waals surface area contributed by atoms with Crippen LogP contribution in [-0.4, -0.2) is 25.2 Å². The first kappa shape index (κ1) is 13.8. The largest absolute Gasteiger partial charge is 0.488 e. The van der Waals surface area contributed by atoms with Gasteiger partial charge < -0.3 is 15.2 Å². The van der Waals surface area contributed by atoms with Gasteiger partial charge in [-0.2, -0.15) is 0 Å². The molecule has 1 aliphatic rings. The Balaban J connectivity index is 2.11. The molecule has 1 aromatic rings. The molecule has 0 radical (unpaired) electrons. The Morgan fingerprint density at radius 3 is 2.79 bits per heavy atom. The molecule has 0 amide bonds. The highest BCUT2D eigenvalue weighted by atomic mass is 19.1. The lowest BCUT2D eigenvalue weighted by Gasteiger charge is -2.26. The zero-order valence-electron chi connectivity index (χ0n) is 11.1.